The molecule has 1 heterocycles. The topological polar surface area (TPSA) is 63.8 Å². The van der Waals surface area contributed by atoms with E-state index in [9.17, 15) is 4.79 Å². The van der Waals surface area contributed by atoms with Gasteiger partial charge >= 0.3 is 0 Å². The van der Waals surface area contributed by atoms with Gasteiger partial charge in [-0.25, -0.2) is 4.68 Å². The molecule has 0 unspecified atom stereocenters. The maximum absolute atomic E-state index is 11.4. The molecule has 0 saturated carbocycles. The number of aromatic amines is 1. The summed E-state index contributed by atoms with van der Waals surface area (Å²) in [4.78, 5) is 11.4. The van der Waals surface area contributed by atoms with Gasteiger partial charge in [-0.15, -0.1) is 0 Å². The van der Waals surface area contributed by atoms with Crippen molar-refractivity contribution < 1.29 is 0 Å². The molecule has 1 aromatic heterocycles. The molecule has 3 N–H and O–H groups in total. The molecule has 0 saturated heterocycles. The van der Waals surface area contributed by atoms with Gasteiger partial charge < -0.3 is 5.73 Å². The lowest BCUT2D eigenvalue weighted by Crippen LogP contribution is -2.33. The number of hydrogen-bond acceptors (Lipinski definition) is 2. The lowest BCUT2D eigenvalue weighted by molar-refractivity contribution is 0.344. The molecule has 0 atom stereocenters. The van der Waals surface area contributed by atoms with Gasteiger partial charge in [-0.1, -0.05) is 0 Å². The largest absolute Gasteiger partial charge is 0.393 e. The predicted molar refractivity (Wildman–Crippen MR) is 49.2 cm³/mol. The normalized spacial score (nSPS) is 12.0. The van der Waals surface area contributed by atoms with Crippen LogP contribution in [0.25, 0.3) is 0 Å². The number of nitrogens with one attached hydrogen (secondary N) is 1. The number of aromatic nitrogens is 2. The van der Waals surface area contributed by atoms with Crippen molar-refractivity contribution in [3.8, 4) is 0 Å². The fourth-order valence-electron chi connectivity index (χ4n) is 1.03. The molecule has 0 radical (unpaired) electrons. The third-order valence-electron chi connectivity index (χ3n) is 1.79. The van der Waals surface area contributed by atoms with Gasteiger partial charge in [-0.3, -0.25) is 9.89 Å². The fraction of sp³-hybridized carbons (Fsp3) is 0.625. The van der Waals surface area contributed by atoms with Crippen LogP contribution < -0.4 is 11.3 Å². The van der Waals surface area contributed by atoms with Crippen LogP contribution in [0.2, 0.25) is 0 Å². The smallest absolute Gasteiger partial charge is 0.290 e. The highest BCUT2D eigenvalue weighted by Gasteiger charge is 2.18. The Labute approximate surface area is 71.4 Å². The Hall–Kier alpha value is -1.19. The van der Waals surface area contributed by atoms with E-state index < -0.39 is 0 Å². The molecular weight excluding hydrogens is 154 g/mol. The van der Waals surface area contributed by atoms with Crippen molar-refractivity contribution in [2.75, 3.05) is 5.73 Å². The van der Waals surface area contributed by atoms with Crippen molar-refractivity contribution in [2.45, 2.75) is 33.2 Å². The quantitative estimate of drug-likeness (QED) is 0.604. The molecule has 4 nitrogen and oxygen atoms in total. The zero-order chi connectivity index (χ0) is 9.52. The zero-order valence-corrected chi connectivity index (χ0v) is 7.93. The van der Waals surface area contributed by atoms with Crippen LogP contribution in [0, 0.1) is 6.92 Å². The van der Waals surface area contributed by atoms with Crippen LogP contribution in [-0.4, -0.2) is 9.78 Å². The van der Waals surface area contributed by atoms with Gasteiger partial charge in [0.2, 0.25) is 0 Å². The Bertz CT molecular complexity index is 340. The summed E-state index contributed by atoms with van der Waals surface area (Å²) in [6, 6.07) is 0. The van der Waals surface area contributed by atoms with E-state index in [0.717, 1.165) is 5.69 Å². The summed E-state index contributed by atoms with van der Waals surface area (Å²) in [6.07, 6.45) is 0. The van der Waals surface area contributed by atoms with Crippen molar-refractivity contribution in [3.63, 3.8) is 0 Å². The molecule has 0 bridgehead atoms. The first-order chi connectivity index (χ1) is 5.34. The van der Waals surface area contributed by atoms with E-state index in [4.69, 9.17) is 5.73 Å². The average molecular weight is 169 g/mol. The van der Waals surface area contributed by atoms with Crippen LogP contribution in [0.15, 0.2) is 4.79 Å². The number of nitrogen functional groups attached to an aromatic ring is 1. The lowest BCUT2D eigenvalue weighted by Gasteiger charge is -2.18. The summed E-state index contributed by atoms with van der Waals surface area (Å²) in [5, 5.41) is 2.93. The van der Waals surface area contributed by atoms with E-state index in [1.807, 2.05) is 20.8 Å². The Morgan fingerprint density at radius 1 is 1.42 bits per heavy atom. The minimum atomic E-state index is -0.237. The Balaban J connectivity index is 3.38. The summed E-state index contributed by atoms with van der Waals surface area (Å²) in [6.45, 7) is 7.64. The van der Waals surface area contributed by atoms with Crippen LogP contribution in [0.3, 0.4) is 0 Å². The maximum Gasteiger partial charge on any atom is 0.290 e. The molecular formula is C8H15N3O. The Morgan fingerprint density at radius 2 is 1.92 bits per heavy atom. The first-order valence-electron chi connectivity index (χ1n) is 3.91. The lowest BCUT2D eigenvalue weighted by atomic mass is 10.1. The van der Waals surface area contributed by atoms with Crippen molar-refractivity contribution >= 4 is 5.69 Å². The van der Waals surface area contributed by atoms with Gasteiger partial charge in [0.25, 0.3) is 5.56 Å². The van der Waals surface area contributed by atoms with Crippen molar-refractivity contribution in [1.82, 2.24) is 9.78 Å². The summed E-state index contributed by atoms with van der Waals surface area (Å²) < 4.78 is 1.54. The van der Waals surface area contributed by atoms with Crippen molar-refractivity contribution in [3.05, 3.63) is 16.0 Å². The van der Waals surface area contributed by atoms with Crippen LogP contribution in [-0.2, 0) is 5.54 Å². The molecule has 0 amide bonds. The molecule has 1 aromatic rings. The van der Waals surface area contributed by atoms with Gasteiger partial charge in [0.1, 0.15) is 5.69 Å². The summed E-state index contributed by atoms with van der Waals surface area (Å²) >= 11 is 0. The van der Waals surface area contributed by atoms with Gasteiger partial charge in [0.05, 0.1) is 11.2 Å². The third-order valence-corrected chi connectivity index (χ3v) is 1.79. The first kappa shape index (κ1) is 8.90. The maximum atomic E-state index is 11.4. The molecule has 0 spiro atoms. The van der Waals surface area contributed by atoms with Gasteiger partial charge in [-0.2, -0.15) is 0 Å². The number of anilines is 1. The molecule has 1 rings (SSSR count). The Morgan fingerprint density at radius 3 is 2.08 bits per heavy atom. The SMILES string of the molecule is Cc1[nH]n(C(C)(C)C)c(=O)c1N. The minimum absolute atomic E-state index is 0.139. The van der Waals surface area contributed by atoms with E-state index in [2.05, 4.69) is 5.10 Å². The van der Waals surface area contributed by atoms with Crippen LogP contribution in [0.1, 0.15) is 26.5 Å². The van der Waals surface area contributed by atoms with Crippen molar-refractivity contribution in [1.29, 1.82) is 0 Å². The Kier molecular flexibility index (Phi) is 1.78. The predicted octanol–water partition coefficient (Wildman–Crippen LogP) is 0.822. The first-order valence-corrected chi connectivity index (χ1v) is 3.91. The molecule has 0 fully saturated rings. The van der Waals surface area contributed by atoms with Crippen molar-refractivity contribution in [2.24, 2.45) is 0 Å². The molecule has 12 heavy (non-hydrogen) atoms. The summed E-state index contributed by atoms with van der Waals surface area (Å²) in [7, 11) is 0. The fourth-order valence-corrected chi connectivity index (χ4v) is 1.03. The third kappa shape index (κ3) is 1.24. The molecule has 4 heteroatoms. The monoisotopic (exact) mass is 169 g/mol. The number of nitrogens with two attached hydrogens (primary N) is 1. The highest BCUT2D eigenvalue weighted by atomic mass is 16.1. The number of rotatable bonds is 0. The number of hydrogen-bond donors (Lipinski definition) is 2. The minimum Gasteiger partial charge on any atom is -0.393 e. The van der Waals surface area contributed by atoms with E-state index in [1.165, 1.54) is 4.68 Å². The standard InChI is InChI=1S/C8H15N3O/c1-5-6(9)7(12)11(10-5)8(2,3)4/h10H,9H2,1-4H3. The molecule has 0 aliphatic rings. The van der Waals surface area contributed by atoms with E-state index >= 15 is 0 Å². The second-order valence-corrected chi connectivity index (χ2v) is 3.96. The second kappa shape index (κ2) is 2.40. The molecule has 68 valence electrons. The summed E-state index contributed by atoms with van der Waals surface area (Å²) in [5.41, 5.74) is 6.20. The second-order valence-electron chi connectivity index (χ2n) is 3.96. The molecule has 0 aromatic carbocycles. The number of nitrogens with zero attached hydrogens (tertiary/aromatic N) is 1. The number of H-pyrrole nitrogens is 1. The average Bonchev–Trinajstić information content (AvgIpc) is 2.15. The van der Waals surface area contributed by atoms with E-state index in [0.29, 0.717) is 5.69 Å². The van der Waals surface area contributed by atoms with Gasteiger partial charge in [-0.05, 0) is 27.7 Å². The molecule has 0 aliphatic carbocycles. The molecule has 0 aliphatic heterocycles. The zero-order valence-electron chi connectivity index (χ0n) is 7.93. The highest BCUT2D eigenvalue weighted by molar-refractivity contribution is 5.39. The van der Waals surface area contributed by atoms with Crippen LogP contribution >= 0.6 is 0 Å². The van der Waals surface area contributed by atoms with E-state index in [1.54, 1.807) is 6.92 Å². The summed E-state index contributed by atoms with van der Waals surface area (Å²) in [5.74, 6) is 0. The van der Waals surface area contributed by atoms with Crippen LogP contribution in [0.5, 0.6) is 0 Å². The van der Waals surface area contributed by atoms with Crippen LogP contribution in [0.4, 0.5) is 5.69 Å². The van der Waals surface area contributed by atoms with Gasteiger partial charge in [0.15, 0.2) is 0 Å². The van der Waals surface area contributed by atoms with Gasteiger partial charge in [0, 0.05) is 0 Å². The number of aryl methyl sites for hydroxylation is 1. The highest BCUT2D eigenvalue weighted by Crippen LogP contribution is 2.11. The van der Waals surface area contributed by atoms with E-state index in [-0.39, 0.29) is 11.1 Å².